The van der Waals surface area contributed by atoms with Crippen LogP contribution in [0.25, 0.3) is 0 Å². The smallest absolute Gasteiger partial charge is 0.202 e. The van der Waals surface area contributed by atoms with Crippen molar-refractivity contribution >= 4 is 5.78 Å². The number of nitrogens with zero attached hydrogens (tertiary/aromatic N) is 1. The van der Waals surface area contributed by atoms with E-state index in [9.17, 15) is 20.1 Å². The molecule has 4 fully saturated rings. The van der Waals surface area contributed by atoms with Gasteiger partial charge >= 0.3 is 0 Å². The van der Waals surface area contributed by atoms with E-state index in [4.69, 9.17) is 28.1 Å². The molecular weight excluding hydrogens is 702 g/mol. The van der Waals surface area contributed by atoms with Crippen molar-refractivity contribution in [2.45, 2.75) is 205 Å². The first-order valence-corrected chi connectivity index (χ1v) is 21.6. The molecule has 11 nitrogen and oxygen atoms in total. The van der Waals surface area contributed by atoms with Gasteiger partial charge in [0.25, 0.3) is 0 Å². The van der Waals surface area contributed by atoms with Crippen molar-refractivity contribution in [3.63, 3.8) is 0 Å². The fourth-order valence-corrected chi connectivity index (χ4v) is 10.9. The molecule has 18 atom stereocenters. The molecule has 5 aliphatic heterocycles. The standard InChI is InChI=1S/C44H71NO10/c1-11-31(40-45-22-23-50-40)33-15-14-25(4)38(52-33)29(8)36(47)28(7)37(48)32(12-2)39-26(5)24-27(6)43(53-39)19-16-34(46)44(55-43)21-20-41(10,54-44)35-17-18-42(49,13-3)30(9)51-35/h16,19,22-23,25-36,38-39,46-47,49H,11-15,17-18,20-21,24H2,1-10H3/t25-,26-,27+,28-,29-,30-,31+,32-,33+,34+,35+,36+,38+,39-,41-,42+,43-,44-/m0/s1. The van der Waals surface area contributed by atoms with E-state index in [0.717, 1.165) is 25.7 Å². The number of oxazole rings is 1. The fraction of sp³-hybridized carbons (Fsp3) is 0.864. The number of aromatic nitrogens is 1. The van der Waals surface area contributed by atoms with Crippen LogP contribution in [0.4, 0.5) is 0 Å². The lowest BCUT2D eigenvalue weighted by atomic mass is 9.72. The topological polar surface area (TPSA) is 150 Å². The highest BCUT2D eigenvalue weighted by Gasteiger charge is 2.63. The van der Waals surface area contributed by atoms with Crippen molar-refractivity contribution in [1.82, 2.24) is 4.98 Å². The highest BCUT2D eigenvalue weighted by molar-refractivity contribution is 5.84. The van der Waals surface area contributed by atoms with Crippen LogP contribution in [0.3, 0.4) is 0 Å². The molecule has 3 N–H and O–H groups in total. The maximum atomic E-state index is 14.6. The van der Waals surface area contributed by atoms with Crippen molar-refractivity contribution in [1.29, 1.82) is 0 Å². The predicted octanol–water partition coefficient (Wildman–Crippen LogP) is 7.26. The molecule has 312 valence electrons. The van der Waals surface area contributed by atoms with Crippen LogP contribution in [-0.4, -0.2) is 91.6 Å². The number of Topliss-reactive ketones (excluding diaryl/α,β-unsaturated/α-hetero) is 1. The van der Waals surface area contributed by atoms with Crippen LogP contribution in [0.2, 0.25) is 0 Å². The quantitative estimate of drug-likeness (QED) is 0.184. The second-order valence-corrected chi connectivity index (χ2v) is 18.4. The molecule has 0 aliphatic carbocycles. The molecule has 2 spiro atoms. The van der Waals surface area contributed by atoms with Gasteiger partial charge in [0, 0.05) is 30.1 Å². The van der Waals surface area contributed by atoms with Crippen molar-refractivity contribution in [3.05, 3.63) is 30.5 Å². The number of rotatable bonds is 12. The third-order valence-corrected chi connectivity index (χ3v) is 14.9. The Hall–Kier alpha value is -1.70. The fourth-order valence-electron chi connectivity index (χ4n) is 10.9. The molecule has 11 heteroatoms. The Morgan fingerprint density at radius 1 is 0.964 bits per heavy atom. The Labute approximate surface area is 329 Å². The largest absolute Gasteiger partial charge is 0.449 e. The van der Waals surface area contributed by atoms with E-state index < -0.39 is 52.9 Å². The zero-order chi connectivity index (χ0) is 40.1. The number of hydrogen-bond acceptors (Lipinski definition) is 11. The highest BCUT2D eigenvalue weighted by Crippen LogP contribution is 2.54. The molecule has 0 radical (unpaired) electrons. The van der Waals surface area contributed by atoms with Gasteiger partial charge in [-0.05, 0) is 95.6 Å². The Bertz CT molecular complexity index is 1470. The minimum atomic E-state index is -1.35. The van der Waals surface area contributed by atoms with Crippen LogP contribution in [0, 0.1) is 35.5 Å². The summed E-state index contributed by atoms with van der Waals surface area (Å²) in [7, 11) is 0. The molecule has 55 heavy (non-hydrogen) atoms. The number of aliphatic hydroxyl groups is 3. The van der Waals surface area contributed by atoms with E-state index in [1.54, 1.807) is 18.5 Å². The predicted molar refractivity (Wildman–Crippen MR) is 207 cm³/mol. The summed E-state index contributed by atoms with van der Waals surface area (Å²) in [5.41, 5.74) is -1.60. The van der Waals surface area contributed by atoms with Crippen LogP contribution in [-0.2, 0) is 28.5 Å². The first-order valence-electron chi connectivity index (χ1n) is 21.6. The molecule has 6 rings (SSSR count). The van der Waals surface area contributed by atoms with Crippen LogP contribution < -0.4 is 0 Å². The zero-order valence-electron chi connectivity index (χ0n) is 35.1. The number of carbonyl (C=O) groups excluding carboxylic acids is 1. The molecule has 0 saturated carbocycles. The number of carbonyl (C=O) groups is 1. The molecule has 0 bridgehead atoms. The average molecular weight is 774 g/mol. The van der Waals surface area contributed by atoms with Gasteiger partial charge in [-0.2, -0.15) is 0 Å². The second kappa shape index (κ2) is 16.5. The Morgan fingerprint density at radius 2 is 1.71 bits per heavy atom. The van der Waals surface area contributed by atoms with E-state index in [2.05, 4.69) is 32.7 Å². The van der Waals surface area contributed by atoms with Gasteiger partial charge in [-0.25, -0.2) is 4.98 Å². The molecule has 5 aliphatic rings. The number of aliphatic hydroxyl groups excluding tert-OH is 2. The van der Waals surface area contributed by atoms with Crippen LogP contribution in [0.5, 0.6) is 0 Å². The number of ether oxygens (including phenoxy) is 5. The molecule has 0 unspecified atom stereocenters. The normalized spacial score (nSPS) is 45.0. The van der Waals surface area contributed by atoms with Gasteiger partial charge in [0.1, 0.15) is 18.2 Å². The Balaban J connectivity index is 1.16. The lowest BCUT2D eigenvalue weighted by Crippen LogP contribution is -2.63. The lowest BCUT2D eigenvalue weighted by Gasteiger charge is -2.54. The molecule has 6 heterocycles. The van der Waals surface area contributed by atoms with E-state index >= 15 is 0 Å². The number of hydrogen-bond donors (Lipinski definition) is 3. The van der Waals surface area contributed by atoms with E-state index in [1.165, 1.54) is 0 Å². The SMILES string of the molecule is CC[C@@H](C(=O)[C@@H](C)[C@@H](O)[C@H](C)[C@@H]1O[C@@H]([C@@H](CC)c2ncco2)CC[C@@H]1C)[C@H]1O[C@]2(C=C[C@@H](O)[C@]3(CC[C@@](C)([C@H]4CC[C@](O)(CC)[C@H](C)O4)O3)O2)[C@H](C)C[C@@H]1C. The van der Waals surface area contributed by atoms with E-state index in [0.29, 0.717) is 44.4 Å². The maximum Gasteiger partial charge on any atom is 0.202 e. The molecule has 1 aromatic rings. The van der Waals surface area contributed by atoms with Gasteiger partial charge in [-0.15, -0.1) is 0 Å². The monoisotopic (exact) mass is 774 g/mol. The molecule has 4 saturated heterocycles. The Morgan fingerprint density at radius 3 is 2.35 bits per heavy atom. The Kier molecular flexibility index (Phi) is 12.9. The lowest BCUT2D eigenvalue weighted by molar-refractivity contribution is -0.409. The minimum Gasteiger partial charge on any atom is -0.449 e. The summed E-state index contributed by atoms with van der Waals surface area (Å²) in [5, 5.41) is 34.4. The van der Waals surface area contributed by atoms with Gasteiger partial charge in [0.05, 0.1) is 59.9 Å². The first kappa shape index (κ1) is 42.9. The maximum absolute atomic E-state index is 14.6. The molecule has 1 aromatic heterocycles. The number of ketones is 1. The van der Waals surface area contributed by atoms with E-state index in [-0.39, 0.29) is 59.8 Å². The van der Waals surface area contributed by atoms with Crippen molar-refractivity contribution in [2.24, 2.45) is 35.5 Å². The zero-order valence-corrected chi connectivity index (χ0v) is 35.1. The molecule has 0 amide bonds. The third-order valence-electron chi connectivity index (χ3n) is 14.9. The highest BCUT2D eigenvalue weighted by atomic mass is 16.8. The molecular formula is C44H71NO10. The average Bonchev–Trinajstić information content (AvgIpc) is 3.82. The summed E-state index contributed by atoms with van der Waals surface area (Å²) < 4.78 is 39.6. The van der Waals surface area contributed by atoms with Crippen LogP contribution in [0.15, 0.2) is 29.0 Å². The van der Waals surface area contributed by atoms with Crippen LogP contribution >= 0.6 is 0 Å². The van der Waals surface area contributed by atoms with Crippen molar-refractivity contribution in [2.75, 3.05) is 0 Å². The van der Waals surface area contributed by atoms with Crippen molar-refractivity contribution in [3.8, 4) is 0 Å². The minimum absolute atomic E-state index is 0.0236. The summed E-state index contributed by atoms with van der Waals surface area (Å²) in [6.45, 7) is 20.3. The van der Waals surface area contributed by atoms with Gasteiger partial charge < -0.3 is 43.4 Å². The summed E-state index contributed by atoms with van der Waals surface area (Å²) in [5.74, 6) is -3.10. The first-order chi connectivity index (χ1) is 26.0. The van der Waals surface area contributed by atoms with Crippen molar-refractivity contribution < 1.29 is 48.2 Å². The third kappa shape index (κ3) is 7.91. The van der Waals surface area contributed by atoms with E-state index in [1.807, 2.05) is 47.6 Å². The summed E-state index contributed by atoms with van der Waals surface area (Å²) in [6.07, 6.45) is 10.4. The van der Waals surface area contributed by atoms with Gasteiger partial charge in [0.15, 0.2) is 11.7 Å². The summed E-state index contributed by atoms with van der Waals surface area (Å²) >= 11 is 0. The van der Waals surface area contributed by atoms with Gasteiger partial charge in [0.2, 0.25) is 5.79 Å². The summed E-state index contributed by atoms with van der Waals surface area (Å²) in [6, 6.07) is 0. The van der Waals surface area contributed by atoms with Gasteiger partial charge in [-0.3, -0.25) is 4.79 Å². The summed E-state index contributed by atoms with van der Waals surface area (Å²) in [4.78, 5) is 19.0. The van der Waals surface area contributed by atoms with Crippen LogP contribution in [0.1, 0.15) is 145 Å². The second-order valence-electron chi connectivity index (χ2n) is 18.4. The molecule has 0 aromatic carbocycles. The van der Waals surface area contributed by atoms with Gasteiger partial charge in [-0.1, -0.05) is 55.4 Å².